The van der Waals surface area contributed by atoms with E-state index in [1.54, 1.807) is 0 Å². The van der Waals surface area contributed by atoms with E-state index in [9.17, 15) is 19.2 Å². The number of hydrogen-bond donors (Lipinski definition) is 0. The van der Waals surface area contributed by atoms with Gasteiger partial charge in [-0.15, -0.1) is 0 Å². The highest BCUT2D eigenvalue weighted by Crippen LogP contribution is 2.31. The van der Waals surface area contributed by atoms with Gasteiger partial charge in [-0.1, -0.05) is 15.9 Å². The Labute approximate surface area is 140 Å². The van der Waals surface area contributed by atoms with Crippen LogP contribution in [0.3, 0.4) is 0 Å². The molecule has 1 aliphatic heterocycles. The van der Waals surface area contributed by atoms with Crippen molar-refractivity contribution < 1.29 is 42.9 Å². The van der Waals surface area contributed by atoms with Crippen LogP contribution in [0.25, 0.3) is 0 Å². The third-order valence-electron chi connectivity index (χ3n) is 2.82. The van der Waals surface area contributed by atoms with Crippen LogP contribution in [0.1, 0.15) is 20.8 Å². The van der Waals surface area contributed by atoms with Gasteiger partial charge in [-0.2, -0.15) is 0 Å². The van der Waals surface area contributed by atoms with Crippen molar-refractivity contribution in [2.75, 3.05) is 7.11 Å². The molecule has 5 atom stereocenters. The standard InChI is InChI=1S/C13H17BrO9/c1-5(15)20-8-9(21-6(2)16)11(13(18)19-4)23-12(14)10(8)22-7(3)17/h8-12H,1-4H3/t8-,9?,10+,11-,12+/m0/s1. The minimum Gasteiger partial charge on any atom is -0.467 e. The predicted molar refractivity (Wildman–Crippen MR) is 76.3 cm³/mol. The van der Waals surface area contributed by atoms with Crippen molar-refractivity contribution >= 4 is 39.8 Å². The number of halogens is 1. The Bertz CT molecular complexity index is 492. The number of carbonyl (C=O) groups is 4. The number of hydrogen-bond acceptors (Lipinski definition) is 9. The highest BCUT2D eigenvalue weighted by atomic mass is 79.9. The van der Waals surface area contributed by atoms with Crippen molar-refractivity contribution in [3.05, 3.63) is 0 Å². The molecule has 0 aromatic heterocycles. The highest BCUT2D eigenvalue weighted by Gasteiger charge is 2.53. The predicted octanol–water partition coefficient (Wildman–Crippen LogP) is 0.0743. The topological polar surface area (TPSA) is 114 Å². The Kier molecular flexibility index (Phi) is 6.95. The van der Waals surface area contributed by atoms with Crippen LogP contribution >= 0.6 is 15.9 Å². The van der Waals surface area contributed by atoms with Gasteiger partial charge in [0.1, 0.15) is 0 Å². The van der Waals surface area contributed by atoms with Crippen molar-refractivity contribution in [3.8, 4) is 0 Å². The highest BCUT2D eigenvalue weighted by molar-refractivity contribution is 9.09. The van der Waals surface area contributed by atoms with Crippen LogP contribution < -0.4 is 0 Å². The monoisotopic (exact) mass is 396 g/mol. The summed E-state index contributed by atoms with van der Waals surface area (Å²) >= 11 is 3.11. The number of methoxy groups -OCH3 is 1. The molecule has 1 aliphatic rings. The van der Waals surface area contributed by atoms with Gasteiger partial charge in [0.15, 0.2) is 29.4 Å². The van der Waals surface area contributed by atoms with E-state index in [0.717, 1.165) is 27.9 Å². The fraction of sp³-hybridized carbons (Fsp3) is 0.692. The number of carbonyl (C=O) groups excluding carboxylic acids is 4. The zero-order valence-corrected chi connectivity index (χ0v) is 14.5. The molecule has 0 aromatic rings. The van der Waals surface area contributed by atoms with Crippen LogP contribution in [0, 0.1) is 0 Å². The molecule has 1 unspecified atom stereocenters. The van der Waals surface area contributed by atoms with Gasteiger partial charge in [0.25, 0.3) is 0 Å². The second-order valence-corrected chi connectivity index (χ2v) is 5.56. The molecule has 130 valence electrons. The molecule has 1 rings (SSSR count). The minimum absolute atomic E-state index is 0.668. The van der Waals surface area contributed by atoms with Gasteiger partial charge in [0.2, 0.25) is 0 Å². The van der Waals surface area contributed by atoms with Gasteiger partial charge in [-0.3, -0.25) is 14.4 Å². The van der Waals surface area contributed by atoms with E-state index >= 15 is 0 Å². The summed E-state index contributed by atoms with van der Waals surface area (Å²) in [4.78, 5) is 45.8. The molecule has 0 N–H and O–H groups in total. The van der Waals surface area contributed by atoms with Crippen LogP contribution in [0.2, 0.25) is 0 Å². The fourth-order valence-electron chi connectivity index (χ4n) is 2.07. The molecule has 1 heterocycles. The lowest BCUT2D eigenvalue weighted by Gasteiger charge is -2.41. The Morgan fingerprint density at radius 2 is 1.26 bits per heavy atom. The first-order chi connectivity index (χ1) is 10.7. The lowest BCUT2D eigenvalue weighted by atomic mass is 9.99. The van der Waals surface area contributed by atoms with Crippen molar-refractivity contribution in [1.82, 2.24) is 0 Å². The van der Waals surface area contributed by atoms with Crippen LogP contribution in [-0.2, 0) is 42.9 Å². The first kappa shape index (κ1) is 19.4. The summed E-state index contributed by atoms with van der Waals surface area (Å²) in [6, 6.07) is 0. The molecule has 1 saturated heterocycles. The zero-order valence-electron chi connectivity index (χ0n) is 12.9. The van der Waals surface area contributed by atoms with Gasteiger partial charge in [0.05, 0.1) is 7.11 Å². The maximum Gasteiger partial charge on any atom is 0.339 e. The Morgan fingerprint density at radius 3 is 1.70 bits per heavy atom. The van der Waals surface area contributed by atoms with Gasteiger partial charge in [0, 0.05) is 20.8 Å². The summed E-state index contributed by atoms with van der Waals surface area (Å²) in [5.41, 5.74) is 0. The normalized spacial score (nSPS) is 30.0. The maximum atomic E-state index is 11.9. The average molecular weight is 397 g/mol. The van der Waals surface area contributed by atoms with Crippen LogP contribution in [-0.4, -0.2) is 60.4 Å². The van der Waals surface area contributed by atoms with Crippen LogP contribution in [0.15, 0.2) is 0 Å². The van der Waals surface area contributed by atoms with Gasteiger partial charge < -0.3 is 23.7 Å². The van der Waals surface area contributed by atoms with Gasteiger partial charge in [-0.25, -0.2) is 4.79 Å². The SMILES string of the molecule is COC(=O)[C@H]1O[C@@H](Br)[C@H](OC(C)=O)[C@@H](OC(C)=O)C1OC(C)=O. The van der Waals surface area contributed by atoms with E-state index in [0.29, 0.717) is 0 Å². The molecular weight excluding hydrogens is 380 g/mol. The lowest BCUT2D eigenvalue weighted by Crippen LogP contribution is -2.61. The first-order valence-corrected chi connectivity index (χ1v) is 7.48. The minimum atomic E-state index is -1.36. The number of esters is 4. The molecule has 0 aromatic carbocycles. The van der Waals surface area contributed by atoms with E-state index in [2.05, 4.69) is 20.7 Å². The smallest absolute Gasteiger partial charge is 0.339 e. The summed E-state index contributed by atoms with van der Waals surface area (Å²) in [6.07, 6.45) is -5.06. The van der Waals surface area contributed by atoms with Crippen LogP contribution in [0.4, 0.5) is 0 Å². The molecule has 0 saturated carbocycles. The number of rotatable bonds is 4. The van der Waals surface area contributed by atoms with Crippen molar-refractivity contribution in [3.63, 3.8) is 0 Å². The Balaban J connectivity index is 3.21. The number of alkyl halides is 1. The van der Waals surface area contributed by atoms with Gasteiger partial charge >= 0.3 is 23.9 Å². The van der Waals surface area contributed by atoms with Crippen molar-refractivity contribution in [1.29, 1.82) is 0 Å². The third kappa shape index (κ3) is 5.17. The second kappa shape index (κ2) is 8.25. The molecule has 1 fully saturated rings. The second-order valence-electron chi connectivity index (χ2n) is 4.65. The van der Waals surface area contributed by atoms with Gasteiger partial charge in [-0.05, 0) is 0 Å². The van der Waals surface area contributed by atoms with E-state index in [-0.39, 0.29) is 0 Å². The van der Waals surface area contributed by atoms with E-state index in [1.165, 1.54) is 0 Å². The molecule has 23 heavy (non-hydrogen) atoms. The molecule has 0 bridgehead atoms. The molecule has 0 amide bonds. The molecule has 9 nitrogen and oxygen atoms in total. The molecule has 10 heteroatoms. The summed E-state index contributed by atoms with van der Waals surface area (Å²) < 4.78 is 25.2. The molecule has 0 aliphatic carbocycles. The fourth-order valence-corrected chi connectivity index (χ4v) is 2.71. The van der Waals surface area contributed by atoms with E-state index < -0.39 is 53.3 Å². The van der Waals surface area contributed by atoms with E-state index in [1.807, 2.05) is 0 Å². The van der Waals surface area contributed by atoms with Crippen LogP contribution in [0.5, 0.6) is 0 Å². The maximum absolute atomic E-state index is 11.9. The summed E-state index contributed by atoms with van der Waals surface area (Å²) in [7, 11) is 1.12. The van der Waals surface area contributed by atoms with Crippen molar-refractivity contribution in [2.24, 2.45) is 0 Å². The number of ether oxygens (including phenoxy) is 5. The zero-order chi connectivity index (χ0) is 17.7. The average Bonchev–Trinajstić information content (AvgIpc) is 2.43. The largest absolute Gasteiger partial charge is 0.467 e. The molecular formula is C13H17BrO9. The van der Waals surface area contributed by atoms with Crippen molar-refractivity contribution in [2.45, 2.75) is 50.2 Å². The molecule has 0 spiro atoms. The third-order valence-corrected chi connectivity index (χ3v) is 3.56. The first-order valence-electron chi connectivity index (χ1n) is 6.56. The Morgan fingerprint density at radius 1 is 0.826 bits per heavy atom. The van der Waals surface area contributed by atoms with E-state index in [4.69, 9.17) is 18.9 Å². The quantitative estimate of drug-likeness (QED) is 0.369. The Hall–Kier alpha value is -1.68. The summed E-state index contributed by atoms with van der Waals surface area (Å²) in [5, 5.41) is -0.980. The lowest BCUT2D eigenvalue weighted by molar-refractivity contribution is -0.234. The molecule has 0 radical (unpaired) electrons. The summed E-state index contributed by atoms with van der Waals surface area (Å²) in [5.74, 6) is -2.95. The summed E-state index contributed by atoms with van der Waals surface area (Å²) in [6.45, 7) is 3.39.